The van der Waals surface area contributed by atoms with E-state index in [-0.39, 0.29) is 48.3 Å². The Bertz CT molecular complexity index is 1060. The highest BCUT2D eigenvalue weighted by atomic mass is 35.5. The Morgan fingerprint density at radius 1 is 1.13 bits per heavy atom. The molecule has 1 aliphatic carbocycles. The molecule has 5 nitrogen and oxygen atoms in total. The molecule has 0 saturated carbocycles. The van der Waals surface area contributed by atoms with Gasteiger partial charge in [-0.3, -0.25) is 19.4 Å². The van der Waals surface area contributed by atoms with E-state index in [4.69, 9.17) is 11.6 Å². The zero-order valence-corrected chi connectivity index (χ0v) is 18.6. The number of amides is 2. The van der Waals surface area contributed by atoms with Gasteiger partial charge in [0.1, 0.15) is 0 Å². The van der Waals surface area contributed by atoms with Gasteiger partial charge in [0, 0.05) is 53.2 Å². The van der Waals surface area contributed by atoms with E-state index in [1.165, 1.54) is 10.5 Å². The van der Waals surface area contributed by atoms with Gasteiger partial charge in [0.2, 0.25) is 11.8 Å². The molecule has 2 fully saturated rings. The van der Waals surface area contributed by atoms with Gasteiger partial charge in [-0.25, -0.2) is 0 Å². The van der Waals surface area contributed by atoms with Gasteiger partial charge in [0.25, 0.3) is 0 Å². The molecule has 5 atom stereocenters. The number of piperidine rings is 1. The van der Waals surface area contributed by atoms with Crippen LogP contribution in [0.1, 0.15) is 24.6 Å². The van der Waals surface area contributed by atoms with Crippen molar-refractivity contribution in [3.05, 3.63) is 45.8 Å². The normalized spacial score (nSPS) is 31.0. The van der Waals surface area contributed by atoms with Crippen LogP contribution in [0, 0.1) is 17.8 Å². The second-order valence-corrected chi connectivity index (χ2v) is 10.1. The third kappa shape index (κ3) is 2.81. The van der Waals surface area contributed by atoms with Gasteiger partial charge in [-0.05, 0) is 25.8 Å². The predicted molar refractivity (Wildman–Crippen MR) is 118 cm³/mol. The summed E-state index contributed by atoms with van der Waals surface area (Å²) in [6, 6.07) is 8.14. The van der Waals surface area contributed by atoms with Crippen LogP contribution in [-0.4, -0.2) is 52.5 Å². The summed E-state index contributed by atoms with van der Waals surface area (Å²) in [7, 11) is 1.60. The van der Waals surface area contributed by atoms with Crippen molar-refractivity contribution in [3.8, 4) is 0 Å². The first-order chi connectivity index (χ1) is 14.4. The fourth-order valence-electron chi connectivity index (χ4n) is 5.77. The molecule has 0 radical (unpaired) electrons. The molecule has 0 spiro atoms. The molecule has 7 heteroatoms. The summed E-state index contributed by atoms with van der Waals surface area (Å²) in [4.78, 5) is 30.7. The molecule has 1 aromatic carbocycles. The summed E-state index contributed by atoms with van der Waals surface area (Å²) >= 11 is 8.42. The zero-order chi connectivity index (χ0) is 21.2. The number of nitrogens with zero attached hydrogens (tertiary/aromatic N) is 2. The minimum atomic E-state index is -0.324. The Hall–Kier alpha value is -1.73. The lowest BCUT2D eigenvalue weighted by Crippen LogP contribution is -2.61. The molecule has 30 heavy (non-hydrogen) atoms. The molecule has 158 valence electrons. The van der Waals surface area contributed by atoms with Crippen LogP contribution in [0.3, 0.4) is 0 Å². The van der Waals surface area contributed by atoms with Crippen LogP contribution < -0.4 is 0 Å². The van der Waals surface area contributed by atoms with Crippen LogP contribution in [-0.2, 0) is 16.1 Å². The molecule has 3 aliphatic heterocycles. The molecule has 5 unspecified atom stereocenters. The summed E-state index contributed by atoms with van der Waals surface area (Å²) in [6.45, 7) is 2.96. The monoisotopic (exact) mass is 444 g/mol. The van der Waals surface area contributed by atoms with Gasteiger partial charge in [-0.1, -0.05) is 41.4 Å². The van der Waals surface area contributed by atoms with Crippen LogP contribution in [0.4, 0.5) is 0 Å². The minimum Gasteiger partial charge on any atom is -0.396 e. The topological polar surface area (TPSA) is 60.9 Å². The lowest BCUT2D eigenvalue weighted by Gasteiger charge is -2.53. The van der Waals surface area contributed by atoms with Crippen LogP contribution >= 0.6 is 22.9 Å². The van der Waals surface area contributed by atoms with E-state index >= 15 is 0 Å². The molecule has 1 aromatic heterocycles. The number of rotatable bonds is 5. The van der Waals surface area contributed by atoms with Crippen LogP contribution in [0.15, 0.2) is 35.9 Å². The lowest BCUT2D eigenvalue weighted by atomic mass is 9.62. The minimum absolute atomic E-state index is 0.00102. The zero-order valence-electron chi connectivity index (χ0n) is 17.0. The highest BCUT2D eigenvalue weighted by molar-refractivity contribution is 7.19. The van der Waals surface area contributed by atoms with E-state index < -0.39 is 0 Å². The van der Waals surface area contributed by atoms with Gasteiger partial charge in [-0.2, -0.15) is 0 Å². The van der Waals surface area contributed by atoms with Crippen molar-refractivity contribution in [1.29, 1.82) is 0 Å². The van der Waals surface area contributed by atoms with Crippen molar-refractivity contribution in [2.24, 2.45) is 17.8 Å². The number of carbonyl (C=O) groups excluding carboxylic acids is 2. The molecule has 6 rings (SSSR count). The van der Waals surface area contributed by atoms with Crippen LogP contribution in [0.5, 0.6) is 0 Å². The Morgan fingerprint density at radius 2 is 1.87 bits per heavy atom. The van der Waals surface area contributed by atoms with Crippen molar-refractivity contribution in [1.82, 2.24) is 9.80 Å². The molecule has 2 bridgehead atoms. The summed E-state index contributed by atoms with van der Waals surface area (Å²) < 4.78 is 1.16. The molecule has 1 N–H and O–H groups in total. The summed E-state index contributed by atoms with van der Waals surface area (Å²) in [5, 5.41) is 11.2. The average molecular weight is 445 g/mol. The highest BCUT2D eigenvalue weighted by Gasteiger charge is 2.61. The van der Waals surface area contributed by atoms with Crippen LogP contribution in [0.25, 0.3) is 10.1 Å². The van der Waals surface area contributed by atoms with Crippen molar-refractivity contribution >= 4 is 44.8 Å². The van der Waals surface area contributed by atoms with Gasteiger partial charge >= 0.3 is 0 Å². The number of thiophene rings is 1. The Morgan fingerprint density at radius 3 is 2.60 bits per heavy atom. The molecule has 4 aliphatic rings. The third-order valence-corrected chi connectivity index (χ3v) is 8.86. The molecule has 2 aromatic rings. The van der Waals surface area contributed by atoms with Crippen LogP contribution in [0.2, 0.25) is 5.02 Å². The molecule has 2 amide bonds. The van der Waals surface area contributed by atoms with Gasteiger partial charge in [-0.15, -0.1) is 11.3 Å². The first-order valence-electron chi connectivity index (χ1n) is 10.5. The predicted octanol–water partition coefficient (Wildman–Crippen LogP) is 3.69. The van der Waals surface area contributed by atoms with Gasteiger partial charge in [0.15, 0.2) is 0 Å². The first kappa shape index (κ1) is 20.2. The SMILES string of the molecule is CC1C2C(CCCO)=CC(C3C(=O)N(C)C(=O)C23)N1Cc1sc2ccccc2c1Cl. The maximum absolute atomic E-state index is 13.0. The number of aliphatic hydroxyl groups is 1. The number of aliphatic hydroxyl groups excluding tert-OH is 1. The number of hydrogen-bond acceptors (Lipinski definition) is 5. The summed E-state index contributed by atoms with van der Waals surface area (Å²) in [6.07, 6.45) is 3.65. The second kappa shape index (κ2) is 7.45. The first-order valence-corrected chi connectivity index (χ1v) is 11.7. The maximum Gasteiger partial charge on any atom is 0.234 e. The van der Waals surface area contributed by atoms with Gasteiger partial charge in [0.05, 0.1) is 16.9 Å². The largest absolute Gasteiger partial charge is 0.396 e. The fourth-order valence-corrected chi connectivity index (χ4v) is 7.27. The third-order valence-electron chi connectivity index (χ3n) is 7.16. The number of halogens is 1. The number of hydrogen-bond donors (Lipinski definition) is 1. The Kier molecular flexibility index (Phi) is 5.01. The van der Waals surface area contributed by atoms with Crippen molar-refractivity contribution < 1.29 is 14.7 Å². The highest BCUT2D eigenvalue weighted by Crippen LogP contribution is 2.52. The summed E-state index contributed by atoms with van der Waals surface area (Å²) in [5.41, 5.74) is 1.22. The van der Waals surface area contributed by atoms with E-state index in [1.807, 2.05) is 18.2 Å². The number of fused-ring (bicyclic) bond motifs is 2. The lowest BCUT2D eigenvalue weighted by molar-refractivity contribution is -0.138. The second-order valence-electron chi connectivity index (χ2n) is 8.62. The number of likely N-dealkylation sites (tertiary alicyclic amines) is 1. The quantitative estimate of drug-likeness (QED) is 0.564. The Balaban J connectivity index is 1.54. The fraction of sp³-hybridized carbons (Fsp3) is 0.478. The number of imide groups is 1. The van der Waals surface area contributed by atoms with E-state index in [0.29, 0.717) is 13.0 Å². The summed E-state index contributed by atoms with van der Waals surface area (Å²) in [5.74, 6) is -0.732. The number of benzene rings is 1. The van der Waals surface area contributed by atoms with E-state index in [9.17, 15) is 14.7 Å². The van der Waals surface area contributed by atoms with E-state index in [0.717, 1.165) is 26.4 Å². The smallest absolute Gasteiger partial charge is 0.234 e. The Labute approximate surface area is 184 Å². The molecule has 2 saturated heterocycles. The van der Waals surface area contributed by atoms with Crippen molar-refractivity contribution in [2.45, 2.75) is 38.4 Å². The average Bonchev–Trinajstić information content (AvgIpc) is 3.18. The van der Waals surface area contributed by atoms with E-state index in [1.54, 1.807) is 18.4 Å². The molecular weight excluding hydrogens is 420 g/mol. The standard InChI is InChI=1S/C23H25ClN2O3S/c1-12-18-13(6-5-9-27)10-15(19-20(18)23(29)25(2)22(19)28)26(12)11-17-21(24)14-7-3-4-8-16(14)30-17/h3-4,7-8,10,12,15,18-20,27H,5-6,9,11H2,1-2H3. The van der Waals surface area contributed by atoms with Gasteiger partial charge < -0.3 is 5.11 Å². The molecule has 4 heterocycles. The van der Waals surface area contributed by atoms with Crippen molar-refractivity contribution in [3.63, 3.8) is 0 Å². The maximum atomic E-state index is 13.0. The molecular formula is C23H25ClN2O3S. The van der Waals surface area contributed by atoms with E-state index in [2.05, 4.69) is 24.0 Å². The van der Waals surface area contributed by atoms with Crippen molar-refractivity contribution in [2.75, 3.05) is 13.7 Å². The number of carbonyl (C=O) groups is 2.